The molecule has 4 nitrogen and oxygen atoms in total. The van der Waals surface area contributed by atoms with Crippen molar-refractivity contribution in [3.8, 4) is 0 Å². The van der Waals surface area contributed by atoms with E-state index in [1.165, 1.54) is 12.1 Å². The number of halogens is 3. The van der Waals surface area contributed by atoms with E-state index < -0.39 is 15.4 Å². The van der Waals surface area contributed by atoms with Gasteiger partial charge in [-0.3, -0.25) is 0 Å². The predicted octanol–water partition coefficient (Wildman–Crippen LogP) is 5.79. The molecule has 2 aliphatic rings. The lowest BCUT2D eigenvalue weighted by Gasteiger charge is -2.42. The predicted molar refractivity (Wildman–Crippen MR) is 120 cm³/mol. The molecule has 29 heavy (non-hydrogen) atoms. The third-order valence-electron chi connectivity index (χ3n) is 5.99. The van der Waals surface area contributed by atoms with Crippen molar-refractivity contribution >= 4 is 50.5 Å². The van der Waals surface area contributed by atoms with Gasteiger partial charge in [0.05, 0.1) is 15.6 Å². The standard InChI is InChI=1S/C21H21Cl3N2O2S/c1-13-3-2-4-19-21(13,17-11-15(23)12-18(24)20(17)26-19)9-10-25-29(27,28)16-7-5-14(22)6-8-16/h5-8,11-12,19,25-26H,1-4,9-10H2. The summed E-state index contributed by atoms with van der Waals surface area (Å²) in [4.78, 5) is 0.189. The summed E-state index contributed by atoms with van der Waals surface area (Å²) < 4.78 is 28.1. The number of sulfonamides is 1. The molecule has 1 aliphatic carbocycles. The summed E-state index contributed by atoms with van der Waals surface area (Å²) in [6.45, 7) is 4.62. The Morgan fingerprint density at radius 1 is 1.14 bits per heavy atom. The van der Waals surface area contributed by atoms with Crippen LogP contribution < -0.4 is 10.0 Å². The quantitative estimate of drug-likeness (QED) is 0.543. The van der Waals surface area contributed by atoms with Crippen molar-refractivity contribution in [2.45, 2.75) is 42.0 Å². The summed E-state index contributed by atoms with van der Waals surface area (Å²) >= 11 is 18.6. The van der Waals surface area contributed by atoms with Crippen molar-refractivity contribution in [2.75, 3.05) is 11.9 Å². The first-order valence-corrected chi connectivity index (χ1v) is 12.1. The summed E-state index contributed by atoms with van der Waals surface area (Å²) in [5, 5.41) is 5.18. The fourth-order valence-corrected chi connectivity index (χ4v) is 6.33. The van der Waals surface area contributed by atoms with Crippen LogP contribution in [0.5, 0.6) is 0 Å². The maximum Gasteiger partial charge on any atom is 0.240 e. The molecule has 2 aromatic rings. The van der Waals surface area contributed by atoms with Crippen molar-refractivity contribution in [3.63, 3.8) is 0 Å². The summed E-state index contributed by atoms with van der Waals surface area (Å²) in [5.41, 5.74) is 2.58. The van der Waals surface area contributed by atoms with Crippen LogP contribution in [0.25, 0.3) is 0 Å². The third kappa shape index (κ3) is 3.68. The van der Waals surface area contributed by atoms with Crippen LogP contribution in [0.1, 0.15) is 31.2 Å². The molecule has 4 rings (SSSR count). The molecule has 0 saturated heterocycles. The van der Waals surface area contributed by atoms with Crippen molar-refractivity contribution in [3.05, 3.63) is 69.2 Å². The van der Waals surface area contributed by atoms with Crippen molar-refractivity contribution in [1.82, 2.24) is 4.72 Å². The second-order valence-electron chi connectivity index (χ2n) is 7.58. The monoisotopic (exact) mass is 470 g/mol. The average molecular weight is 472 g/mol. The van der Waals surface area contributed by atoms with E-state index >= 15 is 0 Å². The Hall–Kier alpha value is -1.24. The molecule has 0 aromatic heterocycles. The Morgan fingerprint density at radius 2 is 1.86 bits per heavy atom. The SMILES string of the molecule is C=C1CCCC2Nc3c(Cl)cc(Cl)cc3C12CCNS(=O)(=O)c1ccc(Cl)cc1. The number of fused-ring (bicyclic) bond motifs is 3. The molecule has 1 aliphatic heterocycles. The van der Waals surface area contributed by atoms with Gasteiger partial charge in [-0.2, -0.15) is 0 Å². The molecule has 1 saturated carbocycles. The van der Waals surface area contributed by atoms with E-state index in [9.17, 15) is 8.42 Å². The minimum absolute atomic E-state index is 0.120. The normalized spacial score (nSPS) is 23.4. The number of hydrogen-bond donors (Lipinski definition) is 2. The van der Waals surface area contributed by atoms with E-state index in [1.807, 2.05) is 6.07 Å². The van der Waals surface area contributed by atoms with E-state index in [0.717, 1.165) is 36.1 Å². The topological polar surface area (TPSA) is 58.2 Å². The lowest BCUT2D eigenvalue weighted by atomic mass is 9.63. The first-order valence-electron chi connectivity index (χ1n) is 9.43. The molecule has 0 amide bonds. The lowest BCUT2D eigenvalue weighted by molar-refractivity contribution is 0.344. The van der Waals surface area contributed by atoms with E-state index in [1.54, 1.807) is 18.2 Å². The van der Waals surface area contributed by atoms with Crippen molar-refractivity contribution in [2.24, 2.45) is 0 Å². The Bertz CT molecular complexity index is 1070. The highest BCUT2D eigenvalue weighted by atomic mass is 35.5. The Morgan fingerprint density at radius 3 is 2.59 bits per heavy atom. The van der Waals surface area contributed by atoms with E-state index in [4.69, 9.17) is 34.8 Å². The molecule has 154 valence electrons. The second-order valence-corrected chi connectivity index (χ2v) is 10.6. The van der Waals surface area contributed by atoms with E-state index in [-0.39, 0.29) is 17.5 Å². The fourth-order valence-electron chi connectivity index (χ4n) is 4.62. The van der Waals surface area contributed by atoms with Crippen LogP contribution in [0, 0.1) is 0 Å². The van der Waals surface area contributed by atoms with Crippen molar-refractivity contribution < 1.29 is 8.42 Å². The Kier molecular flexibility index (Phi) is 5.64. The summed E-state index contributed by atoms with van der Waals surface area (Å²) in [7, 11) is -3.63. The zero-order valence-corrected chi connectivity index (χ0v) is 18.7. The summed E-state index contributed by atoms with van der Waals surface area (Å²) in [6.07, 6.45) is 3.46. The van der Waals surface area contributed by atoms with Gasteiger partial charge >= 0.3 is 0 Å². The molecular weight excluding hydrogens is 451 g/mol. The second kappa shape index (κ2) is 7.78. The van der Waals surface area contributed by atoms with Gasteiger partial charge in [-0.05, 0) is 67.6 Å². The largest absolute Gasteiger partial charge is 0.380 e. The average Bonchev–Trinajstić information content (AvgIpc) is 2.98. The van der Waals surface area contributed by atoms with Gasteiger partial charge in [-0.1, -0.05) is 47.0 Å². The highest BCUT2D eigenvalue weighted by Gasteiger charge is 2.50. The van der Waals surface area contributed by atoms with Crippen LogP contribution in [0.4, 0.5) is 5.69 Å². The van der Waals surface area contributed by atoms with Crippen LogP contribution in [-0.4, -0.2) is 21.0 Å². The van der Waals surface area contributed by atoms with Crippen LogP contribution in [-0.2, 0) is 15.4 Å². The van der Waals surface area contributed by atoms with Crippen LogP contribution >= 0.6 is 34.8 Å². The number of anilines is 1. The molecular formula is C21H21Cl3N2O2S. The smallest absolute Gasteiger partial charge is 0.240 e. The maximum absolute atomic E-state index is 12.7. The number of benzene rings is 2. The van der Waals surface area contributed by atoms with Gasteiger partial charge < -0.3 is 5.32 Å². The minimum Gasteiger partial charge on any atom is -0.380 e. The Balaban J connectivity index is 1.62. The minimum atomic E-state index is -3.63. The molecule has 2 aromatic carbocycles. The number of hydrogen-bond acceptors (Lipinski definition) is 3. The van der Waals surface area contributed by atoms with E-state index in [0.29, 0.717) is 21.5 Å². The lowest BCUT2D eigenvalue weighted by Crippen LogP contribution is -2.45. The zero-order valence-electron chi connectivity index (χ0n) is 15.6. The van der Waals surface area contributed by atoms with Gasteiger partial charge in [0.1, 0.15) is 0 Å². The highest BCUT2D eigenvalue weighted by Crippen LogP contribution is 2.55. The van der Waals surface area contributed by atoms with Gasteiger partial charge in [0.25, 0.3) is 0 Å². The Labute approximate surface area is 186 Å². The highest BCUT2D eigenvalue weighted by molar-refractivity contribution is 7.89. The summed E-state index contributed by atoms with van der Waals surface area (Å²) in [6, 6.07) is 9.90. The third-order valence-corrected chi connectivity index (χ3v) is 8.23. The van der Waals surface area contributed by atoms with Crippen LogP contribution in [0.3, 0.4) is 0 Å². The molecule has 0 bridgehead atoms. The van der Waals surface area contributed by atoms with Crippen molar-refractivity contribution in [1.29, 1.82) is 0 Å². The van der Waals surface area contributed by atoms with Gasteiger partial charge in [-0.25, -0.2) is 13.1 Å². The molecule has 0 radical (unpaired) electrons. The molecule has 1 heterocycles. The van der Waals surface area contributed by atoms with Gasteiger partial charge in [0.2, 0.25) is 10.0 Å². The number of nitrogens with one attached hydrogen (secondary N) is 2. The van der Waals surface area contributed by atoms with Crippen LogP contribution in [0.2, 0.25) is 15.1 Å². The molecule has 1 fully saturated rings. The van der Waals surface area contributed by atoms with Gasteiger partial charge in [-0.15, -0.1) is 0 Å². The maximum atomic E-state index is 12.7. The molecule has 2 unspecified atom stereocenters. The zero-order chi connectivity index (χ0) is 20.8. The summed E-state index contributed by atoms with van der Waals surface area (Å²) in [5.74, 6) is 0. The molecule has 0 spiro atoms. The van der Waals surface area contributed by atoms with Crippen LogP contribution in [0.15, 0.2) is 53.4 Å². The van der Waals surface area contributed by atoms with Gasteiger partial charge in [0, 0.05) is 28.0 Å². The number of rotatable bonds is 5. The first-order chi connectivity index (χ1) is 13.7. The van der Waals surface area contributed by atoms with Gasteiger partial charge in [0.15, 0.2) is 0 Å². The fraction of sp³-hybridized carbons (Fsp3) is 0.333. The molecule has 2 N–H and O–H groups in total. The van der Waals surface area contributed by atoms with E-state index in [2.05, 4.69) is 16.6 Å². The first kappa shape index (κ1) is 21.0. The molecule has 2 atom stereocenters. The molecule has 8 heteroatoms.